The fraction of sp³-hybridized carbons (Fsp3) is 0.600. The Morgan fingerprint density at radius 1 is 1.56 bits per heavy atom. The normalized spacial score (nSPS) is 10.4. The van der Waals surface area contributed by atoms with Crippen LogP contribution in [0.5, 0.6) is 0 Å². The fourth-order valence-electron chi connectivity index (χ4n) is 1.15. The van der Waals surface area contributed by atoms with E-state index in [9.17, 15) is 4.79 Å². The Bertz CT molecular complexity index is 363. The minimum atomic E-state index is 0.182. The molecule has 0 unspecified atom stereocenters. The molecule has 0 fully saturated rings. The number of hydrogen-bond donors (Lipinski definition) is 1. The van der Waals surface area contributed by atoms with Crippen molar-refractivity contribution in [3.63, 3.8) is 0 Å². The maximum atomic E-state index is 11.3. The first-order valence-electron chi connectivity index (χ1n) is 5.06. The maximum Gasteiger partial charge on any atom is 0.222 e. The van der Waals surface area contributed by atoms with Crippen LogP contribution < -0.4 is 5.73 Å². The zero-order valence-electron chi connectivity index (χ0n) is 9.82. The number of aryl methyl sites for hydroxylation is 1. The number of anilines is 1. The third-order valence-electron chi connectivity index (χ3n) is 2.04. The van der Waals surface area contributed by atoms with Crippen LogP contribution in [0, 0.1) is 6.92 Å². The number of thiazole rings is 1. The van der Waals surface area contributed by atoms with Gasteiger partial charge in [0.1, 0.15) is 0 Å². The van der Waals surface area contributed by atoms with Crippen LogP contribution in [0.2, 0.25) is 0 Å². The second-order valence-corrected chi connectivity index (χ2v) is 6.06. The van der Waals surface area contributed by atoms with E-state index in [0.717, 1.165) is 22.1 Å². The van der Waals surface area contributed by atoms with Crippen molar-refractivity contribution in [2.75, 3.05) is 25.6 Å². The molecule has 90 valence electrons. The van der Waals surface area contributed by atoms with Gasteiger partial charge < -0.3 is 10.6 Å². The summed E-state index contributed by atoms with van der Waals surface area (Å²) in [6.07, 6.45) is 1.49. The van der Waals surface area contributed by atoms with Crippen molar-refractivity contribution in [1.82, 2.24) is 9.88 Å². The molecule has 1 aromatic heterocycles. The molecule has 1 heterocycles. The van der Waals surface area contributed by atoms with Gasteiger partial charge in [-0.05, 0) is 19.1 Å². The lowest BCUT2D eigenvalue weighted by atomic mass is 10.3. The number of aromatic nitrogens is 1. The van der Waals surface area contributed by atoms with Gasteiger partial charge in [0.2, 0.25) is 5.91 Å². The molecule has 6 heteroatoms. The van der Waals surface area contributed by atoms with Gasteiger partial charge in [-0.1, -0.05) is 11.3 Å². The van der Waals surface area contributed by atoms with E-state index in [0.29, 0.717) is 11.6 Å². The largest absolute Gasteiger partial charge is 0.375 e. The van der Waals surface area contributed by atoms with Crippen molar-refractivity contribution < 1.29 is 4.79 Å². The summed E-state index contributed by atoms with van der Waals surface area (Å²) in [6.45, 7) is 1.96. The van der Waals surface area contributed by atoms with E-state index in [4.69, 9.17) is 5.73 Å². The number of rotatable bonds is 5. The molecule has 0 aromatic carbocycles. The summed E-state index contributed by atoms with van der Waals surface area (Å²) >= 11 is 3.24. The average molecular weight is 259 g/mol. The van der Waals surface area contributed by atoms with Crippen LogP contribution in [0.4, 0.5) is 5.13 Å². The number of carbonyl (C=O) groups excluding carboxylic acids is 1. The van der Waals surface area contributed by atoms with Crippen molar-refractivity contribution in [2.24, 2.45) is 0 Å². The van der Waals surface area contributed by atoms with Crippen LogP contribution >= 0.6 is 23.1 Å². The molecular weight excluding hydrogens is 242 g/mol. The SMILES string of the molecule is Cc1nc(N)sc1SCCCC(=O)N(C)C. The van der Waals surface area contributed by atoms with Crippen LogP contribution in [-0.2, 0) is 4.79 Å². The molecule has 4 nitrogen and oxygen atoms in total. The minimum absolute atomic E-state index is 0.182. The maximum absolute atomic E-state index is 11.3. The van der Waals surface area contributed by atoms with Crippen molar-refractivity contribution in [3.05, 3.63) is 5.69 Å². The first kappa shape index (κ1) is 13.3. The second kappa shape index (κ2) is 6.10. The van der Waals surface area contributed by atoms with Crippen molar-refractivity contribution in [3.8, 4) is 0 Å². The molecule has 0 saturated heterocycles. The van der Waals surface area contributed by atoms with Gasteiger partial charge >= 0.3 is 0 Å². The van der Waals surface area contributed by atoms with E-state index in [1.54, 1.807) is 30.8 Å². The number of thioether (sulfide) groups is 1. The first-order chi connectivity index (χ1) is 7.50. The van der Waals surface area contributed by atoms with E-state index < -0.39 is 0 Å². The molecule has 2 N–H and O–H groups in total. The highest BCUT2D eigenvalue weighted by molar-refractivity contribution is 8.01. The van der Waals surface area contributed by atoms with E-state index in [1.807, 2.05) is 6.92 Å². The van der Waals surface area contributed by atoms with Gasteiger partial charge in [-0.25, -0.2) is 4.98 Å². The molecule has 0 spiro atoms. The lowest BCUT2D eigenvalue weighted by Crippen LogP contribution is -2.21. The second-order valence-electron chi connectivity index (χ2n) is 3.67. The van der Waals surface area contributed by atoms with Gasteiger partial charge in [0.25, 0.3) is 0 Å². The Kier molecular flexibility index (Phi) is 5.08. The monoisotopic (exact) mass is 259 g/mol. The highest BCUT2D eigenvalue weighted by Crippen LogP contribution is 2.30. The summed E-state index contributed by atoms with van der Waals surface area (Å²) < 4.78 is 1.16. The highest BCUT2D eigenvalue weighted by atomic mass is 32.2. The van der Waals surface area contributed by atoms with E-state index in [1.165, 1.54) is 11.3 Å². The number of nitrogen functional groups attached to an aromatic ring is 1. The average Bonchev–Trinajstić information content (AvgIpc) is 2.51. The Hall–Kier alpha value is -0.750. The summed E-state index contributed by atoms with van der Waals surface area (Å²) in [5.74, 6) is 1.11. The van der Waals surface area contributed by atoms with E-state index in [-0.39, 0.29) is 5.91 Å². The number of amides is 1. The molecule has 16 heavy (non-hydrogen) atoms. The van der Waals surface area contributed by atoms with Gasteiger partial charge in [0, 0.05) is 20.5 Å². The molecule has 0 aliphatic heterocycles. The van der Waals surface area contributed by atoms with Crippen molar-refractivity contribution in [2.45, 2.75) is 24.0 Å². The molecule has 0 aliphatic carbocycles. The molecule has 0 radical (unpaired) electrons. The fourth-order valence-corrected chi connectivity index (χ4v) is 3.18. The molecule has 0 atom stereocenters. The lowest BCUT2D eigenvalue weighted by molar-refractivity contribution is -0.128. The van der Waals surface area contributed by atoms with Crippen molar-refractivity contribution >= 4 is 34.1 Å². The standard InChI is InChI=1S/C10H17N3OS2/c1-7-9(16-10(11)12-7)15-6-4-5-8(14)13(2)3/h4-6H2,1-3H3,(H2,11,12). The molecule has 0 aliphatic rings. The van der Waals surface area contributed by atoms with E-state index in [2.05, 4.69) is 4.98 Å². The van der Waals surface area contributed by atoms with Crippen LogP contribution in [0.25, 0.3) is 0 Å². The molecule has 1 amide bonds. The molecule has 0 saturated carbocycles. The summed E-state index contributed by atoms with van der Waals surface area (Å²) in [5, 5.41) is 0.615. The predicted octanol–water partition coefficient (Wildman–Crippen LogP) is 1.99. The van der Waals surface area contributed by atoms with Gasteiger partial charge in [0.15, 0.2) is 5.13 Å². The highest BCUT2D eigenvalue weighted by Gasteiger charge is 2.07. The molecule has 1 aromatic rings. The van der Waals surface area contributed by atoms with Gasteiger partial charge in [-0.3, -0.25) is 4.79 Å². The third kappa shape index (κ3) is 4.02. The summed E-state index contributed by atoms with van der Waals surface area (Å²) in [4.78, 5) is 17.1. The first-order valence-corrected chi connectivity index (χ1v) is 6.86. The Morgan fingerprint density at radius 2 is 2.25 bits per heavy atom. The van der Waals surface area contributed by atoms with Crippen molar-refractivity contribution in [1.29, 1.82) is 0 Å². The van der Waals surface area contributed by atoms with Crippen LogP contribution in [0.15, 0.2) is 4.21 Å². The quantitative estimate of drug-likeness (QED) is 0.649. The summed E-state index contributed by atoms with van der Waals surface area (Å²) in [7, 11) is 3.56. The summed E-state index contributed by atoms with van der Waals surface area (Å²) in [6, 6.07) is 0. The number of hydrogen-bond acceptors (Lipinski definition) is 5. The Labute approximate surface area is 104 Å². The minimum Gasteiger partial charge on any atom is -0.375 e. The predicted molar refractivity (Wildman–Crippen MR) is 69.9 cm³/mol. The molecular formula is C10H17N3OS2. The smallest absolute Gasteiger partial charge is 0.222 e. The van der Waals surface area contributed by atoms with Crippen LogP contribution in [0.1, 0.15) is 18.5 Å². The Balaban J connectivity index is 2.26. The Morgan fingerprint density at radius 3 is 2.75 bits per heavy atom. The third-order valence-corrected chi connectivity index (χ3v) is 4.47. The number of carbonyl (C=O) groups is 1. The number of nitrogens with two attached hydrogens (primary N) is 1. The lowest BCUT2D eigenvalue weighted by Gasteiger charge is -2.09. The molecule has 0 bridgehead atoms. The topological polar surface area (TPSA) is 59.2 Å². The number of nitrogens with zero attached hydrogens (tertiary/aromatic N) is 2. The summed E-state index contributed by atoms with van der Waals surface area (Å²) in [5.41, 5.74) is 6.60. The molecule has 1 rings (SSSR count). The van der Waals surface area contributed by atoms with E-state index >= 15 is 0 Å². The van der Waals surface area contributed by atoms with Gasteiger partial charge in [-0.2, -0.15) is 0 Å². The zero-order chi connectivity index (χ0) is 12.1. The van der Waals surface area contributed by atoms with Crippen LogP contribution in [0.3, 0.4) is 0 Å². The van der Waals surface area contributed by atoms with Crippen LogP contribution in [-0.4, -0.2) is 35.6 Å². The van der Waals surface area contributed by atoms with Gasteiger partial charge in [0.05, 0.1) is 9.90 Å². The van der Waals surface area contributed by atoms with Gasteiger partial charge in [-0.15, -0.1) is 11.8 Å². The zero-order valence-corrected chi connectivity index (χ0v) is 11.5.